The fraction of sp³-hybridized carbons (Fsp3) is 0.438. The summed E-state index contributed by atoms with van der Waals surface area (Å²) in [5.74, 6) is 0.865. The maximum Gasteiger partial charge on any atom is 0.321 e. The Morgan fingerprint density at radius 3 is 2.44 bits per heavy atom. The van der Waals surface area contributed by atoms with Gasteiger partial charge in [0.1, 0.15) is 5.76 Å². The molecule has 0 saturated heterocycles. The number of carbonyl (C=O) groups is 1. The van der Waals surface area contributed by atoms with E-state index >= 15 is 0 Å². The summed E-state index contributed by atoms with van der Waals surface area (Å²) in [6.07, 6.45) is 4.93. The van der Waals surface area contributed by atoms with E-state index in [1.165, 1.54) is 0 Å². The van der Waals surface area contributed by atoms with Crippen LogP contribution in [-0.2, 0) is 9.53 Å². The number of hydrogen-bond acceptors (Lipinski definition) is 2. The van der Waals surface area contributed by atoms with Gasteiger partial charge in [-0.05, 0) is 18.4 Å². The maximum atomic E-state index is 12.3. The standard InChI is InChI=1S/C16H18O2/c1-2-13-14(12-8-4-3-5-9-12)16(15(17)18-13)10-6-7-11-16/h3-5,8-9H,2,6-7,10-11H2,1H3. The minimum atomic E-state index is -0.341. The predicted octanol–water partition coefficient (Wildman–Crippen LogP) is 3.92. The Balaban J connectivity index is 2.14. The third kappa shape index (κ3) is 1.52. The van der Waals surface area contributed by atoms with Crippen molar-refractivity contribution in [1.82, 2.24) is 0 Å². The molecule has 2 heteroatoms. The lowest BCUT2D eigenvalue weighted by atomic mass is 9.76. The fourth-order valence-electron chi connectivity index (χ4n) is 3.35. The van der Waals surface area contributed by atoms with Gasteiger partial charge < -0.3 is 4.74 Å². The van der Waals surface area contributed by atoms with E-state index in [-0.39, 0.29) is 11.4 Å². The van der Waals surface area contributed by atoms with Crippen LogP contribution in [-0.4, -0.2) is 5.97 Å². The summed E-state index contributed by atoms with van der Waals surface area (Å²) in [6.45, 7) is 2.06. The van der Waals surface area contributed by atoms with Crippen molar-refractivity contribution in [2.75, 3.05) is 0 Å². The van der Waals surface area contributed by atoms with E-state index in [9.17, 15) is 4.79 Å². The molecule has 1 aromatic carbocycles. The quantitative estimate of drug-likeness (QED) is 0.735. The first-order valence-corrected chi connectivity index (χ1v) is 6.79. The summed E-state index contributed by atoms with van der Waals surface area (Å²) in [7, 11) is 0. The zero-order chi connectivity index (χ0) is 12.6. The SMILES string of the molecule is CCC1=C(c2ccccc2)C2(CCCC2)C(=O)O1. The van der Waals surface area contributed by atoms with Crippen molar-refractivity contribution in [3.8, 4) is 0 Å². The van der Waals surface area contributed by atoms with Gasteiger partial charge in [-0.2, -0.15) is 0 Å². The summed E-state index contributed by atoms with van der Waals surface area (Å²) >= 11 is 0. The van der Waals surface area contributed by atoms with Crippen molar-refractivity contribution in [3.63, 3.8) is 0 Å². The Kier molecular flexibility index (Phi) is 2.73. The van der Waals surface area contributed by atoms with Crippen LogP contribution < -0.4 is 0 Å². The monoisotopic (exact) mass is 242 g/mol. The Morgan fingerprint density at radius 1 is 1.17 bits per heavy atom. The molecule has 3 rings (SSSR count). The third-order valence-corrected chi connectivity index (χ3v) is 4.20. The number of carbonyl (C=O) groups excluding carboxylic acids is 1. The van der Waals surface area contributed by atoms with E-state index in [4.69, 9.17) is 4.74 Å². The molecule has 94 valence electrons. The molecule has 2 nitrogen and oxygen atoms in total. The first-order chi connectivity index (χ1) is 8.78. The van der Waals surface area contributed by atoms with Crippen molar-refractivity contribution in [3.05, 3.63) is 41.7 Å². The minimum Gasteiger partial charge on any atom is -0.430 e. The second-order valence-corrected chi connectivity index (χ2v) is 5.20. The second kappa shape index (κ2) is 4.27. The van der Waals surface area contributed by atoms with E-state index in [0.29, 0.717) is 0 Å². The van der Waals surface area contributed by atoms with E-state index in [1.54, 1.807) is 0 Å². The molecule has 1 saturated carbocycles. The second-order valence-electron chi connectivity index (χ2n) is 5.20. The van der Waals surface area contributed by atoms with Gasteiger partial charge in [-0.3, -0.25) is 4.79 Å². The lowest BCUT2D eigenvalue weighted by Crippen LogP contribution is -2.25. The van der Waals surface area contributed by atoms with Crippen LogP contribution in [0.25, 0.3) is 5.57 Å². The van der Waals surface area contributed by atoms with Gasteiger partial charge in [0.2, 0.25) is 0 Å². The molecule has 1 aliphatic heterocycles. The average molecular weight is 242 g/mol. The van der Waals surface area contributed by atoms with Gasteiger partial charge in [0.05, 0.1) is 5.41 Å². The zero-order valence-corrected chi connectivity index (χ0v) is 10.7. The minimum absolute atomic E-state index is 0.0179. The van der Waals surface area contributed by atoms with Crippen molar-refractivity contribution in [2.45, 2.75) is 39.0 Å². The molecule has 0 N–H and O–H groups in total. The highest BCUT2D eigenvalue weighted by Gasteiger charge is 2.52. The highest BCUT2D eigenvalue weighted by molar-refractivity contribution is 5.99. The molecular weight excluding hydrogens is 224 g/mol. The van der Waals surface area contributed by atoms with Crippen LogP contribution in [0.4, 0.5) is 0 Å². The predicted molar refractivity (Wildman–Crippen MR) is 70.6 cm³/mol. The largest absolute Gasteiger partial charge is 0.430 e. The zero-order valence-electron chi connectivity index (χ0n) is 10.7. The van der Waals surface area contributed by atoms with Crippen LogP contribution >= 0.6 is 0 Å². The number of rotatable bonds is 2. The molecule has 0 amide bonds. The summed E-state index contributed by atoms with van der Waals surface area (Å²) in [4.78, 5) is 12.3. The number of esters is 1. The molecule has 1 aromatic rings. The highest BCUT2D eigenvalue weighted by atomic mass is 16.5. The van der Waals surface area contributed by atoms with Crippen LogP contribution in [0, 0.1) is 5.41 Å². The molecule has 1 heterocycles. The van der Waals surface area contributed by atoms with E-state index in [2.05, 4.69) is 19.1 Å². The van der Waals surface area contributed by atoms with E-state index in [0.717, 1.165) is 49.0 Å². The van der Waals surface area contributed by atoms with Crippen LogP contribution in [0.15, 0.2) is 36.1 Å². The number of hydrogen-bond donors (Lipinski definition) is 0. The summed E-state index contributed by atoms with van der Waals surface area (Å²) in [5.41, 5.74) is 1.97. The Hall–Kier alpha value is -1.57. The number of benzene rings is 1. The molecule has 0 aromatic heterocycles. The topological polar surface area (TPSA) is 26.3 Å². The maximum absolute atomic E-state index is 12.3. The summed E-state index contributed by atoms with van der Waals surface area (Å²) in [5, 5.41) is 0. The van der Waals surface area contributed by atoms with Crippen molar-refractivity contribution in [1.29, 1.82) is 0 Å². The van der Waals surface area contributed by atoms with Gasteiger partial charge in [0, 0.05) is 12.0 Å². The van der Waals surface area contributed by atoms with Crippen molar-refractivity contribution < 1.29 is 9.53 Å². The Morgan fingerprint density at radius 2 is 1.83 bits per heavy atom. The smallest absolute Gasteiger partial charge is 0.321 e. The summed E-state index contributed by atoms with van der Waals surface area (Å²) < 4.78 is 5.56. The van der Waals surface area contributed by atoms with Gasteiger partial charge in [0.15, 0.2) is 0 Å². The lowest BCUT2D eigenvalue weighted by molar-refractivity contribution is -0.144. The average Bonchev–Trinajstić information content (AvgIpc) is 2.99. The van der Waals surface area contributed by atoms with E-state index in [1.807, 2.05) is 18.2 Å². The lowest BCUT2D eigenvalue weighted by Gasteiger charge is -2.22. The molecule has 18 heavy (non-hydrogen) atoms. The molecule has 2 aliphatic rings. The molecular formula is C16H18O2. The summed E-state index contributed by atoms with van der Waals surface area (Å²) in [6, 6.07) is 10.2. The molecule has 0 radical (unpaired) electrons. The Labute approximate surface area is 108 Å². The molecule has 1 aliphatic carbocycles. The molecule has 1 spiro atoms. The Bertz CT molecular complexity index is 493. The number of ether oxygens (including phenoxy) is 1. The molecule has 0 atom stereocenters. The van der Waals surface area contributed by atoms with Crippen LogP contribution in [0.3, 0.4) is 0 Å². The van der Waals surface area contributed by atoms with E-state index < -0.39 is 0 Å². The molecule has 1 fully saturated rings. The van der Waals surface area contributed by atoms with Crippen molar-refractivity contribution >= 4 is 11.5 Å². The van der Waals surface area contributed by atoms with Crippen molar-refractivity contribution in [2.24, 2.45) is 5.41 Å². The first-order valence-electron chi connectivity index (χ1n) is 6.79. The third-order valence-electron chi connectivity index (χ3n) is 4.20. The number of allylic oxidation sites excluding steroid dienone is 1. The molecule has 0 bridgehead atoms. The fourth-order valence-corrected chi connectivity index (χ4v) is 3.35. The van der Waals surface area contributed by atoms with Gasteiger partial charge in [0.25, 0.3) is 0 Å². The van der Waals surface area contributed by atoms with Gasteiger partial charge in [-0.25, -0.2) is 0 Å². The molecule has 0 unspecified atom stereocenters. The van der Waals surface area contributed by atoms with Crippen LogP contribution in [0.2, 0.25) is 0 Å². The number of cyclic esters (lactones) is 1. The van der Waals surface area contributed by atoms with Crippen LogP contribution in [0.1, 0.15) is 44.6 Å². The van der Waals surface area contributed by atoms with Gasteiger partial charge in [-0.1, -0.05) is 50.1 Å². The van der Waals surface area contributed by atoms with Gasteiger partial charge >= 0.3 is 5.97 Å². The van der Waals surface area contributed by atoms with Gasteiger partial charge in [-0.15, -0.1) is 0 Å². The highest BCUT2D eigenvalue weighted by Crippen LogP contribution is 2.54. The van der Waals surface area contributed by atoms with Crippen LogP contribution in [0.5, 0.6) is 0 Å². The first kappa shape index (κ1) is 11.5. The normalized spacial score (nSPS) is 21.7.